The maximum Gasteiger partial charge on any atom is 0.313 e. The summed E-state index contributed by atoms with van der Waals surface area (Å²) in [6.07, 6.45) is 2.53. The van der Waals surface area contributed by atoms with Gasteiger partial charge in [-0.1, -0.05) is 6.92 Å². The van der Waals surface area contributed by atoms with Crippen LogP contribution in [0.25, 0.3) is 0 Å². The Balaban J connectivity index is 3.18. The molecule has 0 radical (unpaired) electrons. The number of nitrogens with two attached hydrogens (primary N) is 1. The zero-order chi connectivity index (χ0) is 15.9. The molecule has 2 N–H and O–H groups in total. The second-order valence-electron chi connectivity index (χ2n) is 4.73. The number of hydrogen-bond acceptors (Lipinski definition) is 6. The zero-order valence-electron chi connectivity index (χ0n) is 13.1. The first kappa shape index (κ1) is 17.2. The van der Waals surface area contributed by atoms with Crippen molar-refractivity contribution in [3.8, 4) is 11.5 Å². The third kappa shape index (κ3) is 3.64. The number of methoxy groups -OCH3 is 2. The molecule has 6 heteroatoms. The molecule has 118 valence electrons. The Morgan fingerprint density at radius 3 is 2.52 bits per heavy atom. The topological polar surface area (TPSA) is 83.7 Å². The molecule has 1 unspecified atom stereocenters. The van der Waals surface area contributed by atoms with E-state index in [-0.39, 0.29) is 12.5 Å². The molecular weight excluding hydrogens is 272 g/mol. The van der Waals surface area contributed by atoms with E-state index in [0.717, 1.165) is 0 Å². The number of carbonyl (C=O) groups excluding carboxylic acids is 1. The first-order valence-electron chi connectivity index (χ1n) is 7.01. The minimum absolute atomic E-state index is 0.185. The predicted octanol–water partition coefficient (Wildman–Crippen LogP) is 1.56. The highest BCUT2D eigenvalue weighted by Gasteiger charge is 2.38. The van der Waals surface area contributed by atoms with Crippen molar-refractivity contribution >= 4 is 5.97 Å². The van der Waals surface area contributed by atoms with Crippen LogP contribution in [-0.4, -0.2) is 38.3 Å². The van der Waals surface area contributed by atoms with Gasteiger partial charge in [0.25, 0.3) is 0 Å². The fraction of sp³-hybridized carbons (Fsp3) is 0.600. The van der Waals surface area contributed by atoms with Crippen LogP contribution in [0.2, 0.25) is 0 Å². The summed E-state index contributed by atoms with van der Waals surface area (Å²) in [5, 5.41) is 0. The standard InChI is InChI=1S/C15H24N2O4/c1-5-15(10-16,14(18)21-6-2)9-11-13(20-4)12(19-3)7-8-17-11/h7-8H,5-6,9-10,16H2,1-4H3. The summed E-state index contributed by atoms with van der Waals surface area (Å²) in [7, 11) is 3.10. The van der Waals surface area contributed by atoms with Crippen LogP contribution >= 0.6 is 0 Å². The van der Waals surface area contributed by atoms with Gasteiger partial charge in [-0.05, 0) is 13.3 Å². The van der Waals surface area contributed by atoms with E-state index in [9.17, 15) is 4.79 Å². The maximum absolute atomic E-state index is 12.3. The van der Waals surface area contributed by atoms with Crippen LogP contribution in [0.1, 0.15) is 26.0 Å². The first-order valence-corrected chi connectivity index (χ1v) is 7.01. The summed E-state index contributed by atoms with van der Waals surface area (Å²) in [6.45, 7) is 4.20. The summed E-state index contributed by atoms with van der Waals surface area (Å²) < 4.78 is 15.8. The number of carbonyl (C=O) groups is 1. The van der Waals surface area contributed by atoms with Crippen molar-refractivity contribution in [2.75, 3.05) is 27.4 Å². The molecule has 0 spiro atoms. The average molecular weight is 296 g/mol. The monoisotopic (exact) mass is 296 g/mol. The maximum atomic E-state index is 12.3. The molecule has 6 nitrogen and oxygen atoms in total. The molecule has 0 aliphatic heterocycles. The van der Waals surface area contributed by atoms with Crippen LogP contribution in [-0.2, 0) is 16.0 Å². The highest BCUT2D eigenvalue weighted by atomic mass is 16.5. The van der Waals surface area contributed by atoms with Crippen LogP contribution in [0.15, 0.2) is 12.3 Å². The van der Waals surface area contributed by atoms with E-state index in [1.165, 1.54) is 0 Å². The van der Waals surface area contributed by atoms with Crippen molar-refractivity contribution in [3.63, 3.8) is 0 Å². The number of ether oxygens (including phenoxy) is 3. The third-order valence-electron chi connectivity index (χ3n) is 3.65. The van der Waals surface area contributed by atoms with Gasteiger partial charge in [0.1, 0.15) is 0 Å². The van der Waals surface area contributed by atoms with E-state index in [2.05, 4.69) is 4.98 Å². The molecular formula is C15H24N2O4. The van der Waals surface area contributed by atoms with Crippen molar-refractivity contribution in [1.82, 2.24) is 4.98 Å². The van der Waals surface area contributed by atoms with Crippen molar-refractivity contribution < 1.29 is 19.0 Å². The van der Waals surface area contributed by atoms with Crippen molar-refractivity contribution in [2.24, 2.45) is 11.1 Å². The number of esters is 1. The summed E-state index contributed by atoms with van der Waals surface area (Å²) in [4.78, 5) is 16.6. The van der Waals surface area contributed by atoms with Crippen molar-refractivity contribution in [2.45, 2.75) is 26.7 Å². The smallest absolute Gasteiger partial charge is 0.313 e. The molecule has 0 saturated carbocycles. The first-order chi connectivity index (χ1) is 10.1. The second kappa shape index (κ2) is 7.83. The van der Waals surface area contributed by atoms with Gasteiger partial charge in [-0.3, -0.25) is 9.78 Å². The Kier molecular flexibility index (Phi) is 6.42. The minimum Gasteiger partial charge on any atom is -0.493 e. The molecule has 0 amide bonds. The Labute approximate surface area is 125 Å². The Morgan fingerprint density at radius 1 is 1.33 bits per heavy atom. The van der Waals surface area contributed by atoms with Crippen molar-refractivity contribution in [3.05, 3.63) is 18.0 Å². The Hall–Kier alpha value is -1.82. The zero-order valence-corrected chi connectivity index (χ0v) is 13.1. The molecule has 21 heavy (non-hydrogen) atoms. The van der Waals surface area contributed by atoms with Gasteiger partial charge < -0.3 is 19.9 Å². The molecule has 0 saturated heterocycles. The molecule has 1 heterocycles. The number of pyridine rings is 1. The highest BCUT2D eigenvalue weighted by Crippen LogP contribution is 2.35. The van der Waals surface area contributed by atoms with E-state index in [4.69, 9.17) is 19.9 Å². The van der Waals surface area contributed by atoms with Crippen LogP contribution in [0.5, 0.6) is 11.5 Å². The second-order valence-corrected chi connectivity index (χ2v) is 4.73. The number of hydrogen-bond donors (Lipinski definition) is 1. The lowest BCUT2D eigenvalue weighted by Crippen LogP contribution is -2.41. The molecule has 1 atom stereocenters. The molecule has 0 aliphatic rings. The molecule has 0 aliphatic carbocycles. The third-order valence-corrected chi connectivity index (χ3v) is 3.65. The normalized spacial score (nSPS) is 13.4. The van der Waals surface area contributed by atoms with Gasteiger partial charge in [0.15, 0.2) is 11.5 Å². The quantitative estimate of drug-likeness (QED) is 0.733. The molecule has 0 fully saturated rings. The number of rotatable bonds is 8. The molecule has 0 aromatic carbocycles. The van der Waals surface area contributed by atoms with Gasteiger partial charge >= 0.3 is 5.97 Å². The van der Waals surface area contributed by atoms with Crippen LogP contribution in [0.3, 0.4) is 0 Å². The lowest BCUT2D eigenvalue weighted by Gasteiger charge is -2.29. The van der Waals surface area contributed by atoms with E-state index >= 15 is 0 Å². The number of aromatic nitrogens is 1. The van der Waals surface area contributed by atoms with Crippen LogP contribution in [0.4, 0.5) is 0 Å². The van der Waals surface area contributed by atoms with Gasteiger partial charge in [0, 0.05) is 25.2 Å². The van der Waals surface area contributed by atoms with Gasteiger partial charge in [-0.2, -0.15) is 0 Å². The lowest BCUT2D eigenvalue weighted by molar-refractivity contribution is -0.155. The molecule has 0 bridgehead atoms. The summed E-state index contributed by atoms with van der Waals surface area (Å²) >= 11 is 0. The van der Waals surface area contributed by atoms with Gasteiger partial charge in [-0.15, -0.1) is 0 Å². The van der Waals surface area contributed by atoms with E-state index in [0.29, 0.717) is 36.6 Å². The van der Waals surface area contributed by atoms with Gasteiger partial charge in [-0.25, -0.2) is 0 Å². The van der Waals surface area contributed by atoms with E-state index in [1.54, 1.807) is 33.4 Å². The number of nitrogens with zero attached hydrogens (tertiary/aromatic N) is 1. The van der Waals surface area contributed by atoms with Gasteiger partial charge in [0.2, 0.25) is 0 Å². The Morgan fingerprint density at radius 2 is 2.05 bits per heavy atom. The fourth-order valence-corrected chi connectivity index (χ4v) is 2.22. The van der Waals surface area contributed by atoms with Gasteiger partial charge in [0.05, 0.1) is 31.9 Å². The largest absolute Gasteiger partial charge is 0.493 e. The predicted molar refractivity (Wildman–Crippen MR) is 79.5 cm³/mol. The van der Waals surface area contributed by atoms with Crippen molar-refractivity contribution in [1.29, 1.82) is 0 Å². The van der Waals surface area contributed by atoms with Crippen LogP contribution in [0, 0.1) is 5.41 Å². The summed E-state index contributed by atoms with van der Waals surface area (Å²) in [5.74, 6) is 0.797. The fourth-order valence-electron chi connectivity index (χ4n) is 2.22. The van der Waals surface area contributed by atoms with Crippen LogP contribution < -0.4 is 15.2 Å². The minimum atomic E-state index is -0.803. The average Bonchev–Trinajstić information content (AvgIpc) is 2.52. The lowest BCUT2D eigenvalue weighted by atomic mass is 9.80. The molecule has 1 aromatic rings. The molecule has 1 rings (SSSR count). The molecule has 1 aromatic heterocycles. The SMILES string of the molecule is CCOC(=O)C(CC)(CN)Cc1nccc(OC)c1OC. The van der Waals surface area contributed by atoms with E-state index in [1.807, 2.05) is 6.92 Å². The Bertz CT molecular complexity index is 473. The summed E-state index contributed by atoms with van der Waals surface area (Å²) in [6, 6.07) is 1.71. The highest BCUT2D eigenvalue weighted by molar-refractivity contribution is 5.77. The summed E-state index contributed by atoms with van der Waals surface area (Å²) in [5.41, 5.74) is 5.69. The van der Waals surface area contributed by atoms with E-state index < -0.39 is 5.41 Å².